The van der Waals surface area contributed by atoms with Crippen molar-refractivity contribution in [1.29, 1.82) is 0 Å². The Morgan fingerprint density at radius 1 is 1.53 bits per heavy atom. The second-order valence-corrected chi connectivity index (χ2v) is 5.80. The minimum Gasteiger partial charge on any atom is -0.444 e. The molecule has 0 aromatic carbocycles. The average molecular weight is 243 g/mol. The summed E-state index contributed by atoms with van der Waals surface area (Å²) in [4.78, 5) is 13.6. The molecule has 1 aliphatic rings. The summed E-state index contributed by atoms with van der Waals surface area (Å²) in [5, 5.41) is 9.84. The van der Waals surface area contributed by atoms with E-state index in [4.69, 9.17) is 4.74 Å². The molecule has 0 aliphatic carbocycles. The lowest BCUT2D eigenvalue weighted by Crippen LogP contribution is -2.45. The number of hydrogen-bond donors (Lipinski definition) is 1. The Balaban J connectivity index is 2.52. The highest BCUT2D eigenvalue weighted by molar-refractivity contribution is 5.68. The van der Waals surface area contributed by atoms with E-state index in [9.17, 15) is 9.90 Å². The van der Waals surface area contributed by atoms with Gasteiger partial charge in [-0.2, -0.15) is 0 Å². The number of ether oxygens (including phenoxy) is 1. The molecule has 1 rings (SSSR count). The second kappa shape index (κ2) is 5.71. The molecule has 2 atom stereocenters. The van der Waals surface area contributed by atoms with Crippen molar-refractivity contribution in [2.24, 2.45) is 5.92 Å². The van der Waals surface area contributed by atoms with E-state index in [1.807, 2.05) is 27.7 Å². The third kappa shape index (κ3) is 4.54. The van der Waals surface area contributed by atoms with Crippen molar-refractivity contribution in [2.75, 3.05) is 13.1 Å². The second-order valence-electron chi connectivity index (χ2n) is 5.80. The highest BCUT2D eigenvalue weighted by atomic mass is 16.6. The van der Waals surface area contributed by atoms with Crippen molar-refractivity contribution >= 4 is 6.09 Å². The van der Waals surface area contributed by atoms with E-state index >= 15 is 0 Å². The van der Waals surface area contributed by atoms with Gasteiger partial charge in [0, 0.05) is 19.0 Å². The van der Waals surface area contributed by atoms with Crippen molar-refractivity contribution in [3.05, 3.63) is 0 Å². The van der Waals surface area contributed by atoms with Gasteiger partial charge in [0.1, 0.15) is 5.60 Å². The molecule has 17 heavy (non-hydrogen) atoms. The van der Waals surface area contributed by atoms with Crippen LogP contribution in [0.1, 0.15) is 47.0 Å². The Kier molecular flexibility index (Phi) is 4.80. The maximum absolute atomic E-state index is 11.9. The third-order valence-corrected chi connectivity index (χ3v) is 3.07. The van der Waals surface area contributed by atoms with Crippen molar-refractivity contribution in [3.8, 4) is 0 Å². The molecule has 0 saturated carbocycles. The number of aliphatic hydroxyl groups excluding tert-OH is 1. The molecule has 0 aromatic heterocycles. The van der Waals surface area contributed by atoms with Crippen LogP contribution in [-0.2, 0) is 4.74 Å². The van der Waals surface area contributed by atoms with E-state index in [-0.39, 0.29) is 18.1 Å². The van der Waals surface area contributed by atoms with Crippen LogP contribution in [0.2, 0.25) is 0 Å². The van der Waals surface area contributed by atoms with Crippen LogP contribution in [0.3, 0.4) is 0 Å². The van der Waals surface area contributed by atoms with E-state index in [2.05, 4.69) is 0 Å². The zero-order chi connectivity index (χ0) is 13.1. The largest absolute Gasteiger partial charge is 0.444 e. The smallest absolute Gasteiger partial charge is 0.410 e. The predicted octanol–water partition coefficient (Wildman–Crippen LogP) is 2.40. The molecule has 100 valence electrons. The lowest BCUT2D eigenvalue weighted by atomic mass is 9.91. The number of carbonyl (C=O) groups excluding carboxylic acids is 1. The Morgan fingerprint density at radius 2 is 2.18 bits per heavy atom. The van der Waals surface area contributed by atoms with Crippen LogP contribution in [-0.4, -0.2) is 40.9 Å². The van der Waals surface area contributed by atoms with Crippen LogP contribution in [0.25, 0.3) is 0 Å². The van der Waals surface area contributed by atoms with Gasteiger partial charge in [-0.05, 0) is 40.0 Å². The molecule has 1 aliphatic heterocycles. The van der Waals surface area contributed by atoms with Gasteiger partial charge in [0.25, 0.3) is 0 Å². The summed E-state index contributed by atoms with van der Waals surface area (Å²) in [6.07, 6.45) is 2.12. The first kappa shape index (κ1) is 14.3. The zero-order valence-electron chi connectivity index (χ0n) is 11.4. The van der Waals surface area contributed by atoms with Crippen molar-refractivity contribution < 1.29 is 14.6 Å². The van der Waals surface area contributed by atoms with Gasteiger partial charge in [0.15, 0.2) is 0 Å². The topological polar surface area (TPSA) is 49.8 Å². The van der Waals surface area contributed by atoms with Crippen LogP contribution in [0.15, 0.2) is 0 Å². The third-order valence-electron chi connectivity index (χ3n) is 3.07. The minimum absolute atomic E-state index is 0.196. The fraction of sp³-hybridized carbons (Fsp3) is 0.923. The molecule has 4 heteroatoms. The number of rotatable bonds is 2. The van der Waals surface area contributed by atoms with Gasteiger partial charge < -0.3 is 14.7 Å². The summed E-state index contributed by atoms with van der Waals surface area (Å²) >= 11 is 0. The lowest BCUT2D eigenvalue weighted by Gasteiger charge is -2.35. The number of amides is 1. The first-order chi connectivity index (χ1) is 7.83. The van der Waals surface area contributed by atoms with Crippen molar-refractivity contribution in [2.45, 2.75) is 58.7 Å². The molecule has 1 unspecified atom stereocenters. The van der Waals surface area contributed by atoms with Crippen LogP contribution >= 0.6 is 0 Å². The molecule has 1 fully saturated rings. The minimum atomic E-state index is -0.451. The standard InChI is InChI=1S/C13H25NO3/c1-5-11(15)10-7-6-8-14(9-10)12(16)17-13(2,3)4/h10-11,15H,5-9H2,1-4H3/t10-,11?/m0/s1. The maximum Gasteiger partial charge on any atom is 0.410 e. The van der Waals surface area contributed by atoms with Gasteiger partial charge >= 0.3 is 6.09 Å². The van der Waals surface area contributed by atoms with Gasteiger partial charge in [-0.1, -0.05) is 6.92 Å². The van der Waals surface area contributed by atoms with Crippen LogP contribution in [0.5, 0.6) is 0 Å². The zero-order valence-corrected chi connectivity index (χ0v) is 11.4. The molecule has 0 spiro atoms. The van der Waals surface area contributed by atoms with E-state index in [0.717, 1.165) is 25.8 Å². The van der Waals surface area contributed by atoms with Crippen LogP contribution in [0.4, 0.5) is 4.79 Å². The Labute approximate surface area is 104 Å². The summed E-state index contributed by atoms with van der Waals surface area (Å²) in [5.74, 6) is 0.196. The number of hydrogen-bond acceptors (Lipinski definition) is 3. The van der Waals surface area contributed by atoms with Crippen LogP contribution < -0.4 is 0 Å². The molecule has 4 nitrogen and oxygen atoms in total. The highest BCUT2D eigenvalue weighted by Crippen LogP contribution is 2.23. The van der Waals surface area contributed by atoms with Gasteiger partial charge in [-0.25, -0.2) is 4.79 Å². The van der Waals surface area contributed by atoms with Gasteiger partial charge in [-0.3, -0.25) is 0 Å². The number of piperidine rings is 1. The van der Waals surface area contributed by atoms with E-state index in [0.29, 0.717) is 6.54 Å². The molecule has 1 amide bonds. The van der Waals surface area contributed by atoms with Crippen LogP contribution in [0, 0.1) is 5.92 Å². The highest BCUT2D eigenvalue weighted by Gasteiger charge is 2.30. The quantitative estimate of drug-likeness (QED) is 0.810. The number of carbonyl (C=O) groups is 1. The predicted molar refractivity (Wildman–Crippen MR) is 66.8 cm³/mol. The summed E-state index contributed by atoms with van der Waals surface area (Å²) < 4.78 is 5.34. The number of aliphatic hydroxyl groups is 1. The normalized spacial score (nSPS) is 23.4. The monoisotopic (exact) mass is 243 g/mol. The number of likely N-dealkylation sites (tertiary alicyclic amines) is 1. The summed E-state index contributed by atoms with van der Waals surface area (Å²) in [5.41, 5.74) is -0.451. The molecular formula is C13H25NO3. The fourth-order valence-corrected chi connectivity index (χ4v) is 2.15. The van der Waals surface area contributed by atoms with Gasteiger partial charge in [0.2, 0.25) is 0 Å². The fourth-order valence-electron chi connectivity index (χ4n) is 2.15. The summed E-state index contributed by atoms with van der Waals surface area (Å²) in [6, 6.07) is 0. The van der Waals surface area contributed by atoms with Crippen molar-refractivity contribution in [1.82, 2.24) is 4.90 Å². The molecule has 0 aromatic rings. The summed E-state index contributed by atoms with van der Waals surface area (Å²) in [6.45, 7) is 8.93. The molecule has 1 heterocycles. The SMILES string of the molecule is CCC(O)[C@H]1CCCN(C(=O)OC(C)(C)C)C1. The number of nitrogens with zero attached hydrogens (tertiary/aromatic N) is 1. The first-order valence-electron chi connectivity index (χ1n) is 6.49. The van der Waals surface area contributed by atoms with E-state index in [1.54, 1.807) is 4.90 Å². The Hall–Kier alpha value is -0.770. The Morgan fingerprint density at radius 3 is 2.71 bits per heavy atom. The Bertz CT molecular complexity index is 260. The molecule has 1 saturated heterocycles. The average Bonchev–Trinajstić information content (AvgIpc) is 2.26. The van der Waals surface area contributed by atoms with Crippen molar-refractivity contribution in [3.63, 3.8) is 0 Å². The first-order valence-corrected chi connectivity index (χ1v) is 6.49. The molecular weight excluding hydrogens is 218 g/mol. The van der Waals surface area contributed by atoms with E-state index < -0.39 is 5.60 Å². The summed E-state index contributed by atoms with van der Waals surface area (Å²) in [7, 11) is 0. The van der Waals surface area contributed by atoms with E-state index in [1.165, 1.54) is 0 Å². The molecule has 1 N–H and O–H groups in total. The van der Waals surface area contributed by atoms with Gasteiger partial charge in [-0.15, -0.1) is 0 Å². The molecule has 0 bridgehead atoms. The lowest BCUT2D eigenvalue weighted by molar-refractivity contribution is 0.00234. The maximum atomic E-state index is 11.9. The van der Waals surface area contributed by atoms with Gasteiger partial charge in [0.05, 0.1) is 6.10 Å². The molecule has 0 radical (unpaired) electrons.